The largest absolute Gasteiger partial charge is 0.416 e. The van der Waals surface area contributed by atoms with E-state index < -0.39 is 11.7 Å². The smallest absolute Gasteiger partial charge is 0.166 e. The third-order valence-corrected chi connectivity index (χ3v) is 2.70. The van der Waals surface area contributed by atoms with Gasteiger partial charge in [-0.15, -0.1) is 0 Å². The first-order valence-electron chi connectivity index (χ1n) is 3.47. The molecule has 80 valence electrons. The number of alkyl halides is 3. The molecular formula is C7H2Br2F3N3. The first kappa shape index (κ1) is 12.4. The van der Waals surface area contributed by atoms with Crippen LogP contribution in [0.3, 0.4) is 0 Å². The summed E-state index contributed by atoms with van der Waals surface area (Å²) in [7, 11) is 0. The van der Waals surface area contributed by atoms with E-state index in [-0.39, 0.29) is 14.6 Å². The third kappa shape index (κ3) is 2.87. The molecule has 3 nitrogen and oxygen atoms in total. The van der Waals surface area contributed by atoms with E-state index in [1.165, 1.54) is 0 Å². The van der Waals surface area contributed by atoms with Crippen LogP contribution in [0.5, 0.6) is 0 Å². The lowest BCUT2D eigenvalue weighted by Crippen LogP contribution is -2.04. The van der Waals surface area contributed by atoms with E-state index in [1.54, 1.807) is 0 Å². The molecule has 0 heterocycles. The molecule has 0 aliphatic heterocycles. The summed E-state index contributed by atoms with van der Waals surface area (Å²) in [5.41, 5.74) is 7.46. The summed E-state index contributed by atoms with van der Waals surface area (Å²) < 4.78 is 37.1. The van der Waals surface area contributed by atoms with Gasteiger partial charge in [-0.3, -0.25) is 0 Å². The quantitative estimate of drug-likeness (QED) is 0.383. The Labute approximate surface area is 99.2 Å². The Morgan fingerprint density at radius 2 is 1.67 bits per heavy atom. The molecule has 0 spiro atoms. The van der Waals surface area contributed by atoms with Crippen molar-refractivity contribution in [1.82, 2.24) is 0 Å². The van der Waals surface area contributed by atoms with E-state index in [9.17, 15) is 13.2 Å². The first-order valence-corrected chi connectivity index (χ1v) is 5.06. The second-order valence-electron chi connectivity index (χ2n) is 2.48. The van der Waals surface area contributed by atoms with Gasteiger partial charge in [0.15, 0.2) is 0 Å². The van der Waals surface area contributed by atoms with E-state index >= 15 is 0 Å². The zero-order valence-electron chi connectivity index (χ0n) is 6.89. The highest BCUT2D eigenvalue weighted by atomic mass is 79.9. The van der Waals surface area contributed by atoms with E-state index in [0.29, 0.717) is 0 Å². The molecular weight excluding hydrogens is 343 g/mol. The number of azide groups is 1. The molecule has 0 saturated carbocycles. The zero-order valence-corrected chi connectivity index (χ0v) is 10.1. The molecule has 0 N–H and O–H groups in total. The van der Waals surface area contributed by atoms with Crippen LogP contribution in [0.4, 0.5) is 18.9 Å². The van der Waals surface area contributed by atoms with Crippen molar-refractivity contribution >= 4 is 37.5 Å². The Hall–Kier alpha value is -0.720. The predicted molar refractivity (Wildman–Crippen MR) is 55.6 cm³/mol. The van der Waals surface area contributed by atoms with Crippen LogP contribution in [0.15, 0.2) is 26.2 Å². The Morgan fingerprint density at radius 1 is 1.20 bits per heavy atom. The molecule has 0 bridgehead atoms. The molecule has 1 aromatic carbocycles. The average molecular weight is 345 g/mol. The molecule has 15 heavy (non-hydrogen) atoms. The van der Waals surface area contributed by atoms with Crippen molar-refractivity contribution in [3.05, 3.63) is 37.1 Å². The molecule has 0 fully saturated rings. The molecule has 0 aromatic heterocycles. The Bertz CT molecular complexity index is 415. The Balaban J connectivity index is 3.38. The molecule has 0 aliphatic carbocycles. The van der Waals surface area contributed by atoms with Gasteiger partial charge in [-0.25, -0.2) is 0 Å². The van der Waals surface area contributed by atoms with Gasteiger partial charge in [0.1, 0.15) is 0 Å². The summed E-state index contributed by atoms with van der Waals surface area (Å²) in [6.45, 7) is 0. The highest BCUT2D eigenvalue weighted by Gasteiger charge is 2.31. The standard InChI is InChI=1S/C7H2Br2F3N3/c8-4-1-3(7(10,11)12)2-5(9)6(4)14-15-13/h1-2H. The fourth-order valence-electron chi connectivity index (χ4n) is 0.869. The summed E-state index contributed by atoms with van der Waals surface area (Å²) in [4.78, 5) is 2.50. The van der Waals surface area contributed by atoms with Crippen LogP contribution in [0, 0.1) is 0 Å². The molecule has 8 heteroatoms. The minimum atomic E-state index is -4.43. The molecule has 0 atom stereocenters. The van der Waals surface area contributed by atoms with Crippen molar-refractivity contribution in [2.24, 2.45) is 5.11 Å². The molecule has 0 saturated heterocycles. The highest BCUT2D eigenvalue weighted by Crippen LogP contribution is 2.40. The maximum atomic E-state index is 12.3. The van der Waals surface area contributed by atoms with E-state index in [2.05, 4.69) is 41.9 Å². The number of hydrogen-bond donors (Lipinski definition) is 0. The van der Waals surface area contributed by atoms with Crippen molar-refractivity contribution in [1.29, 1.82) is 0 Å². The van der Waals surface area contributed by atoms with Gasteiger partial charge in [-0.2, -0.15) is 13.2 Å². The summed E-state index contributed by atoms with van der Waals surface area (Å²) in [6.07, 6.45) is -4.43. The van der Waals surface area contributed by atoms with Crippen LogP contribution in [0.2, 0.25) is 0 Å². The van der Waals surface area contributed by atoms with E-state index in [1.807, 2.05) is 0 Å². The van der Waals surface area contributed by atoms with Gasteiger partial charge in [-0.1, -0.05) is 37.0 Å². The van der Waals surface area contributed by atoms with Crippen LogP contribution >= 0.6 is 31.9 Å². The molecule has 1 aromatic rings. The monoisotopic (exact) mass is 343 g/mol. The lowest BCUT2D eigenvalue weighted by Gasteiger charge is -2.09. The van der Waals surface area contributed by atoms with Gasteiger partial charge in [0.25, 0.3) is 0 Å². The number of benzene rings is 1. The Morgan fingerprint density at radius 3 is 2.00 bits per heavy atom. The number of nitrogens with zero attached hydrogens (tertiary/aromatic N) is 3. The van der Waals surface area contributed by atoms with Gasteiger partial charge in [0, 0.05) is 13.9 Å². The van der Waals surface area contributed by atoms with Gasteiger partial charge in [0.2, 0.25) is 0 Å². The van der Waals surface area contributed by atoms with Gasteiger partial charge in [-0.05, 0) is 17.7 Å². The number of hydrogen-bond acceptors (Lipinski definition) is 1. The van der Waals surface area contributed by atoms with Crippen molar-refractivity contribution in [3.63, 3.8) is 0 Å². The SMILES string of the molecule is [N-]=[N+]=Nc1c(Br)cc(C(F)(F)F)cc1Br. The lowest BCUT2D eigenvalue weighted by atomic mass is 10.2. The first-order chi connectivity index (χ1) is 6.86. The topological polar surface area (TPSA) is 48.8 Å². The second kappa shape index (κ2) is 4.42. The lowest BCUT2D eigenvalue weighted by molar-refractivity contribution is -0.137. The normalized spacial score (nSPS) is 11.0. The van der Waals surface area contributed by atoms with Crippen molar-refractivity contribution in [2.75, 3.05) is 0 Å². The second-order valence-corrected chi connectivity index (χ2v) is 4.18. The van der Waals surface area contributed by atoms with Crippen molar-refractivity contribution in [3.8, 4) is 0 Å². The molecule has 0 aliphatic rings. The van der Waals surface area contributed by atoms with Gasteiger partial charge >= 0.3 is 6.18 Å². The maximum absolute atomic E-state index is 12.3. The highest BCUT2D eigenvalue weighted by molar-refractivity contribution is 9.11. The van der Waals surface area contributed by atoms with Crippen molar-refractivity contribution < 1.29 is 13.2 Å². The summed E-state index contributed by atoms with van der Waals surface area (Å²) in [5, 5.41) is 3.25. The van der Waals surface area contributed by atoms with Crippen LogP contribution in [-0.4, -0.2) is 0 Å². The third-order valence-electron chi connectivity index (χ3n) is 1.49. The zero-order chi connectivity index (χ0) is 11.6. The maximum Gasteiger partial charge on any atom is 0.416 e. The van der Waals surface area contributed by atoms with Gasteiger partial charge < -0.3 is 0 Å². The Kier molecular flexibility index (Phi) is 3.64. The van der Waals surface area contributed by atoms with Crippen LogP contribution in [0.1, 0.15) is 5.56 Å². The number of halogens is 5. The van der Waals surface area contributed by atoms with Crippen molar-refractivity contribution in [2.45, 2.75) is 6.18 Å². The molecule has 1 rings (SSSR count). The summed E-state index contributed by atoms with van der Waals surface area (Å²) in [5.74, 6) is 0. The minimum absolute atomic E-state index is 0.0852. The fourth-order valence-corrected chi connectivity index (χ4v) is 2.21. The van der Waals surface area contributed by atoms with E-state index in [4.69, 9.17) is 5.53 Å². The summed E-state index contributed by atoms with van der Waals surface area (Å²) in [6, 6.07) is 1.71. The van der Waals surface area contributed by atoms with E-state index in [0.717, 1.165) is 12.1 Å². The molecule has 0 unspecified atom stereocenters. The average Bonchev–Trinajstić information content (AvgIpc) is 2.09. The minimum Gasteiger partial charge on any atom is -0.166 e. The van der Waals surface area contributed by atoms with Gasteiger partial charge in [0.05, 0.1) is 11.3 Å². The summed E-state index contributed by atoms with van der Waals surface area (Å²) >= 11 is 5.79. The van der Waals surface area contributed by atoms with Crippen LogP contribution < -0.4 is 0 Å². The molecule has 0 amide bonds. The number of rotatable bonds is 1. The molecule has 0 radical (unpaired) electrons. The fraction of sp³-hybridized carbons (Fsp3) is 0.143. The predicted octanol–water partition coefficient (Wildman–Crippen LogP) is 5.17. The van der Waals surface area contributed by atoms with Crippen LogP contribution in [-0.2, 0) is 6.18 Å². The van der Waals surface area contributed by atoms with Crippen LogP contribution in [0.25, 0.3) is 10.4 Å².